The lowest BCUT2D eigenvalue weighted by atomic mass is 10.1. The Labute approximate surface area is 207 Å². The molecule has 0 fully saturated rings. The second-order valence-electron chi connectivity index (χ2n) is 8.87. The summed E-state index contributed by atoms with van der Waals surface area (Å²) in [5.74, 6) is 0.107. The van der Waals surface area contributed by atoms with Crippen molar-refractivity contribution in [2.45, 2.75) is 66.5 Å². The van der Waals surface area contributed by atoms with Crippen LogP contribution >= 0.6 is 0 Å². The molecule has 0 aliphatic carbocycles. The number of aryl methyl sites for hydroxylation is 3. The number of H-pyrrole nitrogens is 1. The van der Waals surface area contributed by atoms with Crippen LogP contribution in [0.5, 0.6) is 0 Å². The first kappa shape index (κ1) is 25.0. The molecule has 0 unspecified atom stereocenters. The predicted molar refractivity (Wildman–Crippen MR) is 136 cm³/mol. The Hall–Kier alpha value is -4.15. The SMILES string of the molecule is CCCCn1c(N)c(N(Cc2ccco2)C(=O)CCc2c(C)nc3cc(C)nn3c2C)c(=O)[nH]c1=O. The molecule has 11 heteroatoms. The number of nitrogens with one attached hydrogen (secondary N) is 1. The monoisotopic (exact) mass is 493 g/mol. The molecule has 0 saturated carbocycles. The van der Waals surface area contributed by atoms with E-state index in [0.717, 1.165) is 34.7 Å². The van der Waals surface area contributed by atoms with Gasteiger partial charge < -0.3 is 10.2 Å². The average Bonchev–Trinajstić information content (AvgIpc) is 3.47. The number of rotatable bonds is 9. The van der Waals surface area contributed by atoms with Crippen molar-refractivity contribution in [3.05, 3.63) is 73.7 Å². The van der Waals surface area contributed by atoms with Crippen molar-refractivity contribution in [3.8, 4) is 0 Å². The zero-order valence-corrected chi connectivity index (χ0v) is 21.0. The first-order chi connectivity index (χ1) is 17.2. The van der Waals surface area contributed by atoms with Gasteiger partial charge in [0.25, 0.3) is 5.56 Å². The number of unbranched alkanes of at least 4 members (excludes halogenated alkanes) is 1. The highest BCUT2D eigenvalue weighted by Crippen LogP contribution is 2.23. The molecular weight excluding hydrogens is 462 g/mol. The summed E-state index contributed by atoms with van der Waals surface area (Å²) in [6.45, 7) is 8.07. The summed E-state index contributed by atoms with van der Waals surface area (Å²) in [6, 6.07) is 5.32. The molecule has 0 aromatic carbocycles. The van der Waals surface area contributed by atoms with Gasteiger partial charge in [0.05, 0.1) is 18.5 Å². The zero-order valence-electron chi connectivity index (χ0n) is 21.0. The standard InChI is InChI=1S/C25H31N7O4/c1-5-6-11-30-23(26)22(24(34)28-25(30)35)31(14-18-8-7-12-36-18)21(33)10-9-19-16(3)27-20-13-15(2)29-32(20)17(19)4/h7-8,12-13H,5-6,9-11,14,26H2,1-4H3,(H,28,34,35). The van der Waals surface area contributed by atoms with E-state index in [9.17, 15) is 14.4 Å². The van der Waals surface area contributed by atoms with E-state index in [0.29, 0.717) is 25.1 Å². The fraction of sp³-hybridized carbons (Fsp3) is 0.400. The molecule has 0 radical (unpaired) electrons. The minimum absolute atomic E-state index is 0.00129. The summed E-state index contributed by atoms with van der Waals surface area (Å²) < 4.78 is 8.52. The van der Waals surface area contributed by atoms with E-state index in [4.69, 9.17) is 10.2 Å². The van der Waals surface area contributed by atoms with Crippen LogP contribution in [-0.4, -0.2) is 30.1 Å². The number of nitrogen functional groups attached to an aromatic ring is 1. The van der Waals surface area contributed by atoms with Gasteiger partial charge in [-0.05, 0) is 51.3 Å². The lowest BCUT2D eigenvalue weighted by Crippen LogP contribution is -2.41. The van der Waals surface area contributed by atoms with Gasteiger partial charge in [0.15, 0.2) is 11.3 Å². The van der Waals surface area contributed by atoms with Crippen LogP contribution in [0.3, 0.4) is 0 Å². The maximum atomic E-state index is 13.6. The Bertz CT molecular complexity index is 1510. The van der Waals surface area contributed by atoms with Gasteiger partial charge in [-0.15, -0.1) is 0 Å². The number of carbonyl (C=O) groups is 1. The molecule has 11 nitrogen and oxygen atoms in total. The number of carbonyl (C=O) groups excluding carboxylic acids is 1. The van der Waals surface area contributed by atoms with Gasteiger partial charge in [0.1, 0.15) is 11.6 Å². The fourth-order valence-corrected chi connectivity index (χ4v) is 4.40. The molecule has 0 atom stereocenters. The molecular formula is C25H31N7O4. The third-order valence-corrected chi connectivity index (χ3v) is 6.29. The first-order valence-corrected chi connectivity index (χ1v) is 12.0. The van der Waals surface area contributed by atoms with Gasteiger partial charge in [-0.25, -0.2) is 14.3 Å². The molecule has 0 bridgehead atoms. The smallest absolute Gasteiger partial charge is 0.330 e. The third kappa shape index (κ3) is 4.81. The van der Waals surface area contributed by atoms with Crippen LogP contribution < -0.4 is 21.9 Å². The second kappa shape index (κ2) is 10.2. The van der Waals surface area contributed by atoms with Gasteiger partial charge in [-0.3, -0.25) is 24.0 Å². The summed E-state index contributed by atoms with van der Waals surface area (Å²) in [5.41, 5.74) is 9.18. The van der Waals surface area contributed by atoms with Gasteiger partial charge in [-0.2, -0.15) is 5.10 Å². The topological polar surface area (TPSA) is 145 Å². The lowest BCUT2D eigenvalue weighted by molar-refractivity contribution is -0.118. The van der Waals surface area contributed by atoms with Crippen molar-refractivity contribution in [1.82, 2.24) is 24.1 Å². The van der Waals surface area contributed by atoms with Gasteiger partial charge in [-0.1, -0.05) is 13.3 Å². The minimum atomic E-state index is -0.715. The van der Waals surface area contributed by atoms with E-state index in [1.54, 1.807) is 16.6 Å². The van der Waals surface area contributed by atoms with E-state index in [1.807, 2.05) is 33.8 Å². The molecule has 4 rings (SSSR count). The number of aromatic nitrogens is 5. The Kier molecular flexibility index (Phi) is 7.09. The normalized spacial score (nSPS) is 11.3. The summed E-state index contributed by atoms with van der Waals surface area (Å²) in [4.78, 5) is 47.1. The quantitative estimate of drug-likeness (QED) is 0.365. The number of amides is 1. The molecule has 0 aliphatic heterocycles. The number of nitrogens with zero attached hydrogens (tertiary/aromatic N) is 5. The summed E-state index contributed by atoms with van der Waals surface area (Å²) in [6.07, 6.45) is 3.50. The largest absolute Gasteiger partial charge is 0.467 e. The molecule has 4 heterocycles. The molecule has 4 aromatic heterocycles. The highest BCUT2D eigenvalue weighted by atomic mass is 16.3. The zero-order chi connectivity index (χ0) is 26.0. The van der Waals surface area contributed by atoms with Crippen LogP contribution in [0.4, 0.5) is 11.5 Å². The highest BCUT2D eigenvalue weighted by molar-refractivity contribution is 5.95. The average molecular weight is 494 g/mol. The van der Waals surface area contributed by atoms with Crippen LogP contribution in [0, 0.1) is 20.8 Å². The van der Waals surface area contributed by atoms with Crippen LogP contribution in [0.15, 0.2) is 38.5 Å². The number of hydrogen-bond acceptors (Lipinski definition) is 7. The molecule has 190 valence electrons. The molecule has 3 N–H and O–H groups in total. The van der Waals surface area contributed by atoms with Crippen molar-refractivity contribution < 1.29 is 9.21 Å². The van der Waals surface area contributed by atoms with Crippen molar-refractivity contribution in [2.75, 3.05) is 10.6 Å². The van der Waals surface area contributed by atoms with Crippen molar-refractivity contribution in [3.63, 3.8) is 0 Å². The minimum Gasteiger partial charge on any atom is -0.467 e. The maximum Gasteiger partial charge on any atom is 0.330 e. The Morgan fingerprint density at radius 3 is 2.72 bits per heavy atom. The molecule has 0 aliphatic rings. The summed E-state index contributed by atoms with van der Waals surface area (Å²) in [7, 11) is 0. The number of furan rings is 1. The van der Waals surface area contributed by atoms with E-state index < -0.39 is 11.2 Å². The Morgan fingerprint density at radius 1 is 1.25 bits per heavy atom. The molecule has 1 amide bonds. The van der Waals surface area contributed by atoms with E-state index in [1.165, 1.54) is 15.7 Å². The van der Waals surface area contributed by atoms with Crippen molar-refractivity contribution in [1.29, 1.82) is 0 Å². The number of nitrogens with two attached hydrogens (primary N) is 1. The van der Waals surface area contributed by atoms with Gasteiger partial charge in [0, 0.05) is 30.4 Å². The van der Waals surface area contributed by atoms with Crippen molar-refractivity contribution >= 4 is 23.1 Å². The predicted octanol–water partition coefficient (Wildman–Crippen LogP) is 2.65. The number of anilines is 2. The summed E-state index contributed by atoms with van der Waals surface area (Å²) in [5, 5.41) is 4.49. The number of aromatic amines is 1. The highest BCUT2D eigenvalue weighted by Gasteiger charge is 2.26. The van der Waals surface area contributed by atoms with E-state index >= 15 is 0 Å². The lowest BCUT2D eigenvalue weighted by Gasteiger charge is -2.24. The second-order valence-corrected chi connectivity index (χ2v) is 8.87. The molecule has 0 spiro atoms. The van der Waals surface area contributed by atoms with Gasteiger partial charge >= 0.3 is 5.69 Å². The summed E-state index contributed by atoms with van der Waals surface area (Å²) >= 11 is 0. The first-order valence-electron chi connectivity index (χ1n) is 12.0. The van der Waals surface area contributed by atoms with Crippen LogP contribution in [-0.2, 0) is 24.3 Å². The maximum absolute atomic E-state index is 13.6. The number of hydrogen-bond donors (Lipinski definition) is 2. The van der Waals surface area contributed by atoms with Gasteiger partial charge in [0.2, 0.25) is 5.91 Å². The van der Waals surface area contributed by atoms with Crippen LogP contribution in [0.25, 0.3) is 5.65 Å². The van der Waals surface area contributed by atoms with E-state index in [-0.39, 0.29) is 30.4 Å². The Balaban J connectivity index is 1.70. The van der Waals surface area contributed by atoms with Crippen molar-refractivity contribution in [2.24, 2.45) is 0 Å². The molecule has 0 saturated heterocycles. The third-order valence-electron chi connectivity index (χ3n) is 6.29. The van der Waals surface area contributed by atoms with E-state index in [2.05, 4.69) is 15.1 Å². The van der Waals surface area contributed by atoms with Crippen LogP contribution in [0.1, 0.15) is 54.6 Å². The Morgan fingerprint density at radius 2 is 2.03 bits per heavy atom. The van der Waals surface area contributed by atoms with Crippen LogP contribution in [0.2, 0.25) is 0 Å². The molecule has 4 aromatic rings. The number of fused-ring (bicyclic) bond motifs is 1. The molecule has 36 heavy (non-hydrogen) atoms. The fourth-order valence-electron chi connectivity index (χ4n) is 4.40.